The average Bonchev–Trinajstić information content (AvgIpc) is 2.97. The largest absolute Gasteiger partial charge is 0.493 e. The van der Waals surface area contributed by atoms with E-state index in [-0.39, 0.29) is 11.6 Å². The number of aliphatic imine (C=N–C) groups is 1. The zero-order valence-electron chi connectivity index (χ0n) is 14.6. The van der Waals surface area contributed by atoms with Crippen LogP contribution in [0.3, 0.4) is 0 Å². The molecule has 0 unspecified atom stereocenters. The summed E-state index contributed by atoms with van der Waals surface area (Å²) < 4.78 is 15.5. The Bertz CT molecular complexity index is 926. The molecule has 2 aromatic rings. The van der Waals surface area contributed by atoms with E-state index in [9.17, 15) is 9.59 Å². The molecule has 1 aliphatic rings. The maximum Gasteiger partial charge on any atom is 0.363 e. The minimum absolute atomic E-state index is 0.183. The number of hydrogen-bond acceptors (Lipinski definition) is 6. The first-order valence-corrected chi connectivity index (χ1v) is 7.92. The summed E-state index contributed by atoms with van der Waals surface area (Å²) >= 11 is 0. The Morgan fingerprint density at radius 1 is 1.12 bits per heavy atom. The van der Waals surface area contributed by atoms with E-state index >= 15 is 0 Å². The van der Waals surface area contributed by atoms with E-state index in [0.717, 1.165) is 11.1 Å². The molecule has 1 aliphatic heterocycles. The van der Waals surface area contributed by atoms with Gasteiger partial charge in [0, 0.05) is 12.5 Å². The molecule has 0 fully saturated rings. The van der Waals surface area contributed by atoms with Gasteiger partial charge in [-0.3, -0.25) is 4.79 Å². The first-order valence-electron chi connectivity index (χ1n) is 7.92. The fraction of sp³-hybridized carbons (Fsp3) is 0.150. The number of benzene rings is 2. The number of methoxy groups -OCH3 is 1. The third kappa shape index (κ3) is 3.80. The van der Waals surface area contributed by atoms with E-state index in [1.807, 2.05) is 31.2 Å². The van der Waals surface area contributed by atoms with Gasteiger partial charge in [0.15, 0.2) is 17.2 Å². The Morgan fingerprint density at radius 2 is 1.85 bits per heavy atom. The molecule has 2 aromatic carbocycles. The minimum Gasteiger partial charge on any atom is -0.493 e. The standard InChI is InChI=1S/C20H17NO5/c1-12-4-7-15(8-5-12)19-21-16(20(23)26-19)10-14-6-9-17(25-13(2)22)18(11-14)24-3/h4-11H,1-3H3/b16-10-. The predicted molar refractivity (Wildman–Crippen MR) is 96.1 cm³/mol. The van der Waals surface area contributed by atoms with Crippen LogP contribution in [0.5, 0.6) is 11.5 Å². The normalized spacial score (nSPS) is 14.8. The molecular formula is C20H17NO5. The first-order chi connectivity index (χ1) is 12.5. The fourth-order valence-electron chi connectivity index (χ4n) is 2.40. The van der Waals surface area contributed by atoms with Crippen molar-refractivity contribution in [2.75, 3.05) is 7.11 Å². The summed E-state index contributed by atoms with van der Waals surface area (Å²) in [6, 6.07) is 12.5. The van der Waals surface area contributed by atoms with Crippen molar-refractivity contribution in [3.05, 3.63) is 64.9 Å². The highest BCUT2D eigenvalue weighted by atomic mass is 16.6. The van der Waals surface area contributed by atoms with Crippen LogP contribution in [0.2, 0.25) is 0 Å². The first kappa shape index (κ1) is 17.4. The number of ether oxygens (including phenoxy) is 3. The molecule has 0 atom stereocenters. The van der Waals surface area contributed by atoms with Crippen LogP contribution in [0.15, 0.2) is 53.2 Å². The zero-order chi connectivity index (χ0) is 18.7. The predicted octanol–water partition coefficient (Wildman–Crippen LogP) is 3.27. The quantitative estimate of drug-likeness (QED) is 0.480. The number of carbonyl (C=O) groups excluding carboxylic acids is 2. The van der Waals surface area contributed by atoms with Gasteiger partial charge in [0.1, 0.15) is 0 Å². The summed E-state index contributed by atoms with van der Waals surface area (Å²) in [5.41, 5.74) is 2.69. The molecule has 0 radical (unpaired) electrons. The van der Waals surface area contributed by atoms with Gasteiger partial charge in [-0.05, 0) is 42.8 Å². The number of nitrogens with zero attached hydrogens (tertiary/aromatic N) is 1. The van der Waals surface area contributed by atoms with Crippen molar-refractivity contribution in [1.82, 2.24) is 0 Å². The van der Waals surface area contributed by atoms with Gasteiger partial charge in [0.05, 0.1) is 7.11 Å². The van der Waals surface area contributed by atoms with E-state index in [0.29, 0.717) is 17.1 Å². The summed E-state index contributed by atoms with van der Waals surface area (Å²) in [7, 11) is 1.47. The fourth-order valence-corrected chi connectivity index (χ4v) is 2.40. The lowest BCUT2D eigenvalue weighted by atomic mass is 10.1. The molecule has 6 heteroatoms. The summed E-state index contributed by atoms with van der Waals surface area (Å²) in [6.07, 6.45) is 1.59. The third-order valence-electron chi connectivity index (χ3n) is 3.66. The van der Waals surface area contributed by atoms with E-state index in [2.05, 4.69) is 4.99 Å². The highest BCUT2D eigenvalue weighted by Gasteiger charge is 2.24. The van der Waals surface area contributed by atoms with Gasteiger partial charge in [0.25, 0.3) is 0 Å². The maximum atomic E-state index is 12.1. The summed E-state index contributed by atoms with van der Waals surface area (Å²) in [5, 5.41) is 0. The Balaban J connectivity index is 1.90. The number of hydrogen-bond donors (Lipinski definition) is 0. The molecule has 0 N–H and O–H groups in total. The van der Waals surface area contributed by atoms with Crippen molar-refractivity contribution in [2.45, 2.75) is 13.8 Å². The van der Waals surface area contributed by atoms with Gasteiger partial charge in [0.2, 0.25) is 5.90 Å². The second-order valence-electron chi connectivity index (χ2n) is 5.71. The molecule has 132 valence electrons. The van der Waals surface area contributed by atoms with Crippen molar-refractivity contribution >= 4 is 23.9 Å². The lowest BCUT2D eigenvalue weighted by Crippen LogP contribution is -2.05. The highest BCUT2D eigenvalue weighted by molar-refractivity contribution is 6.12. The second-order valence-corrected chi connectivity index (χ2v) is 5.71. The van der Waals surface area contributed by atoms with Crippen LogP contribution in [-0.2, 0) is 14.3 Å². The molecule has 3 rings (SSSR count). The van der Waals surface area contributed by atoms with Crippen LogP contribution in [0, 0.1) is 6.92 Å². The van der Waals surface area contributed by atoms with Gasteiger partial charge in [-0.25, -0.2) is 9.79 Å². The SMILES string of the molecule is COc1cc(/C=C2\N=C(c3ccc(C)cc3)OC2=O)ccc1OC(C)=O. The Labute approximate surface area is 150 Å². The summed E-state index contributed by atoms with van der Waals surface area (Å²) in [4.78, 5) is 27.5. The van der Waals surface area contributed by atoms with Crippen molar-refractivity contribution in [2.24, 2.45) is 4.99 Å². The molecule has 0 saturated heterocycles. The average molecular weight is 351 g/mol. The van der Waals surface area contributed by atoms with E-state index in [1.54, 1.807) is 24.3 Å². The Kier molecular flexibility index (Phi) is 4.84. The van der Waals surface area contributed by atoms with Gasteiger partial charge in [-0.15, -0.1) is 0 Å². The van der Waals surface area contributed by atoms with Crippen LogP contribution in [0.25, 0.3) is 6.08 Å². The van der Waals surface area contributed by atoms with Crippen molar-refractivity contribution in [1.29, 1.82) is 0 Å². The lowest BCUT2D eigenvalue weighted by Gasteiger charge is -2.08. The van der Waals surface area contributed by atoms with Crippen molar-refractivity contribution < 1.29 is 23.8 Å². The minimum atomic E-state index is -0.524. The molecule has 0 saturated carbocycles. The van der Waals surface area contributed by atoms with Gasteiger partial charge >= 0.3 is 11.9 Å². The Hall–Kier alpha value is -3.41. The summed E-state index contributed by atoms with van der Waals surface area (Å²) in [5.74, 6) is -0.0156. The Morgan fingerprint density at radius 3 is 2.50 bits per heavy atom. The molecule has 0 bridgehead atoms. The molecule has 26 heavy (non-hydrogen) atoms. The number of cyclic esters (lactones) is 1. The topological polar surface area (TPSA) is 74.2 Å². The van der Waals surface area contributed by atoms with Gasteiger partial charge < -0.3 is 14.2 Å². The molecule has 0 amide bonds. The van der Waals surface area contributed by atoms with Crippen LogP contribution in [0.4, 0.5) is 0 Å². The van der Waals surface area contributed by atoms with Crippen LogP contribution in [0.1, 0.15) is 23.6 Å². The highest BCUT2D eigenvalue weighted by Crippen LogP contribution is 2.30. The number of aryl methyl sites for hydroxylation is 1. The van der Waals surface area contributed by atoms with Crippen molar-refractivity contribution in [3.8, 4) is 11.5 Å². The van der Waals surface area contributed by atoms with Crippen molar-refractivity contribution in [3.63, 3.8) is 0 Å². The second kappa shape index (κ2) is 7.23. The molecule has 6 nitrogen and oxygen atoms in total. The monoisotopic (exact) mass is 351 g/mol. The number of carbonyl (C=O) groups is 2. The summed E-state index contributed by atoms with van der Waals surface area (Å²) in [6.45, 7) is 3.29. The molecule has 0 spiro atoms. The molecular weight excluding hydrogens is 334 g/mol. The molecule has 0 aromatic heterocycles. The van der Waals surface area contributed by atoms with E-state index < -0.39 is 11.9 Å². The van der Waals surface area contributed by atoms with E-state index in [4.69, 9.17) is 14.2 Å². The number of esters is 2. The van der Waals surface area contributed by atoms with Crippen LogP contribution in [-0.4, -0.2) is 24.9 Å². The van der Waals surface area contributed by atoms with Crippen LogP contribution >= 0.6 is 0 Å². The number of rotatable bonds is 4. The van der Waals surface area contributed by atoms with Gasteiger partial charge in [-0.1, -0.05) is 23.8 Å². The smallest absolute Gasteiger partial charge is 0.363 e. The van der Waals surface area contributed by atoms with Gasteiger partial charge in [-0.2, -0.15) is 0 Å². The molecule has 0 aliphatic carbocycles. The maximum absolute atomic E-state index is 12.1. The third-order valence-corrected chi connectivity index (χ3v) is 3.66. The molecule has 1 heterocycles. The van der Waals surface area contributed by atoms with Crippen LogP contribution < -0.4 is 9.47 Å². The van der Waals surface area contributed by atoms with E-state index in [1.165, 1.54) is 14.0 Å². The lowest BCUT2D eigenvalue weighted by molar-refractivity contribution is -0.132. The zero-order valence-corrected chi connectivity index (χ0v) is 14.6.